The van der Waals surface area contributed by atoms with Gasteiger partial charge in [0.05, 0.1) is 11.1 Å². The molecule has 3 rings (SSSR count). The van der Waals surface area contributed by atoms with E-state index in [1.165, 1.54) is 22.0 Å². The minimum Gasteiger partial charge on any atom is -0.346 e. The maximum Gasteiger partial charge on any atom is 0.251 e. The van der Waals surface area contributed by atoms with Gasteiger partial charge in [0.25, 0.3) is 5.91 Å². The van der Waals surface area contributed by atoms with Crippen LogP contribution >= 0.6 is 11.6 Å². The number of rotatable bonds is 5. The van der Waals surface area contributed by atoms with Crippen LogP contribution in [0.15, 0.2) is 35.2 Å². The number of amides is 1. The fourth-order valence-corrected chi connectivity index (χ4v) is 5.74. The standard InChI is InChI=1S/C23H30ClN3O3S/c1-15-12-17(3)20(13-16(15)2)18(4)25-23(28)19-6-7-21(24)22(14-19)31(29,30)27-10-8-26(5)9-11-27/h6-7,12-14,18H,8-11H2,1-5H3,(H,25,28). The monoisotopic (exact) mass is 463 g/mol. The summed E-state index contributed by atoms with van der Waals surface area (Å²) in [6, 6.07) is 8.38. The number of piperazine rings is 1. The topological polar surface area (TPSA) is 69.7 Å². The van der Waals surface area contributed by atoms with Gasteiger partial charge in [-0.05, 0) is 75.2 Å². The fraction of sp³-hybridized carbons (Fsp3) is 0.435. The second kappa shape index (κ2) is 9.28. The van der Waals surface area contributed by atoms with E-state index in [0.29, 0.717) is 26.2 Å². The number of carbonyl (C=O) groups excluding carboxylic acids is 1. The number of aryl methyl sites for hydroxylation is 3. The van der Waals surface area contributed by atoms with Crippen LogP contribution in [0.5, 0.6) is 0 Å². The second-order valence-corrected chi connectivity index (χ2v) is 10.7. The summed E-state index contributed by atoms with van der Waals surface area (Å²) >= 11 is 6.24. The third-order valence-electron chi connectivity index (χ3n) is 5.97. The summed E-state index contributed by atoms with van der Waals surface area (Å²) in [7, 11) is -1.82. The summed E-state index contributed by atoms with van der Waals surface area (Å²) in [6.07, 6.45) is 0. The smallest absolute Gasteiger partial charge is 0.251 e. The van der Waals surface area contributed by atoms with Crippen molar-refractivity contribution in [1.29, 1.82) is 0 Å². The molecule has 1 heterocycles. The molecule has 31 heavy (non-hydrogen) atoms. The Labute approximate surface area is 190 Å². The van der Waals surface area contributed by atoms with Gasteiger partial charge in [-0.15, -0.1) is 0 Å². The molecule has 1 fully saturated rings. The summed E-state index contributed by atoms with van der Waals surface area (Å²) in [5.74, 6) is -0.336. The molecular formula is C23H30ClN3O3S. The van der Waals surface area contributed by atoms with Crippen LogP contribution in [-0.4, -0.2) is 56.8 Å². The van der Waals surface area contributed by atoms with E-state index in [4.69, 9.17) is 11.6 Å². The van der Waals surface area contributed by atoms with E-state index < -0.39 is 10.0 Å². The lowest BCUT2D eigenvalue weighted by Gasteiger charge is -2.31. The number of hydrogen-bond donors (Lipinski definition) is 1. The summed E-state index contributed by atoms with van der Waals surface area (Å²) < 4.78 is 27.7. The number of nitrogens with zero attached hydrogens (tertiary/aromatic N) is 2. The van der Waals surface area contributed by atoms with Crippen LogP contribution in [0.25, 0.3) is 0 Å². The van der Waals surface area contributed by atoms with Crippen molar-refractivity contribution in [3.05, 3.63) is 63.2 Å². The van der Waals surface area contributed by atoms with Crippen LogP contribution in [0, 0.1) is 20.8 Å². The van der Waals surface area contributed by atoms with E-state index in [2.05, 4.69) is 29.3 Å². The zero-order valence-corrected chi connectivity index (χ0v) is 20.3. The maximum absolute atomic E-state index is 13.1. The highest BCUT2D eigenvalue weighted by atomic mass is 35.5. The van der Waals surface area contributed by atoms with Crippen molar-refractivity contribution < 1.29 is 13.2 Å². The molecule has 0 saturated carbocycles. The molecule has 2 aromatic carbocycles. The van der Waals surface area contributed by atoms with E-state index in [-0.39, 0.29) is 27.4 Å². The Morgan fingerprint density at radius 2 is 1.61 bits per heavy atom. The molecule has 1 atom stereocenters. The van der Waals surface area contributed by atoms with Crippen molar-refractivity contribution in [2.75, 3.05) is 33.2 Å². The lowest BCUT2D eigenvalue weighted by Crippen LogP contribution is -2.47. The van der Waals surface area contributed by atoms with Crippen LogP contribution in [-0.2, 0) is 10.0 Å². The van der Waals surface area contributed by atoms with Crippen LogP contribution in [0.4, 0.5) is 0 Å². The third-order valence-corrected chi connectivity index (χ3v) is 8.35. The summed E-state index contributed by atoms with van der Waals surface area (Å²) in [5.41, 5.74) is 4.77. The summed E-state index contributed by atoms with van der Waals surface area (Å²) in [5, 5.41) is 3.11. The summed E-state index contributed by atoms with van der Waals surface area (Å²) in [6.45, 7) is 10.2. The zero-order chi connectivity index (χ0) is 22.9. The Morgan fingerprint density at radius 1 is 1.00 bits per heavy atom. The molecule has 0 bridgehead atoms. The van der Waals surface area contributed by atoms with E-state index in [1.807, 2.05) is 27.8 Å². The lowest BCUT2D eigenvalue weighted by atomic mass is 9.96. The largest absolute Gasteiger partial charge is 0.346 e. The van der Waals surface area contributed by atoms with Crippen molar-refractivity contribution in [3.8, 4) is 0 Å². The molecule has 0 aromatic heterocycles. The highest BCUT2D eigenvalue weighted by Crippen LogP contribution is 2.27. The molecule has 0 spiro atoms. The van der Waals surface area contributed by atoms with E-state index in [9.17, 15) is 13.2 Å². The van der Waals surface area contributed by atoms with Crippen LogP contribution in [0.1, 0.15) is 45.6 Å². The molecule has 6 nitrogen and oxygen atoms in total. The number of nitrogens with one attached hydrogen (secondary N) is 1. The average Bonchev–Trinajstić information content (AvgIpc) is 2.71. The first-order valence-corrected chi connectivity index (χ1v) is 12.2. The molecular weight excluding hydrogens is 434 g/mol. The molecule has 8 heteroatoms. The maximum atomic E-state index is 13.1. The zero-order valence-electron chi connectivity index (χ0n) is 18.7. The predicted molar refractivity (Wildman–Crippen MR) is 124 cm³/mol. The van der Waals surface area contributed by atoms with Crippen LogP contribution < -0.4 is 5.32 Å². The van der Waals surface area contributed by atoms with Gasteiger partial charge in [-0.3, -0.25) is 4.79 Å². The number of halogens is 1. The van der Waals surface area contributed by atoms with E-state index in [1.54, 1.807) is 6.07 Å². The van der Waals surface area contributed by atoms with Crippen molar-refractivity contribution in [3.63, 3.8) is 0 Å². The molecule has 1 unspecified atom stereocenters. The number of benzene rings is 2. The van der Waals surface area contributed by atoms with Gasteiger partial charge in [0.15, 0.2) is 0 Å². The van der Waals surface area contributed by atoms with Gasteiger partial charge in [0.2, 0.25) is 10.0 Å². The van der Waals surface area contributed by atoms with Gasteiger partial charge >= 0.3 is 0 Å². The number of hydrogen-bond acceptors (Lipinski definition) is 4. The number of sulfonamides is 1. The SMILES string of the molecule is Cc1cc(C)c(C(C)NC(=O)c2ccc(Cl)c(S(=O)(=O)N3CCN(C)CC3)c2)cc1C. The van der Waals surface area contributed by atoms with Gasteiger partial charge in [0.1, 0.15) is 4.90 Å². The van der Waals surface area contributed by atoms with Gasteiger partial charge < -0.3 is 10.2 Å². The Balaban J connectivity index is 1.84. The normalized spacial score (nSPS) is 16.8. The number of carbonyl (C=O) groups is 1. The Bertz CT molecular complexity index is 1090. The van der Waals surface area contributed by atoms with Gasteiger partial charge in [-0.2, -0.15) is 4.31 Å². The van der Waals surface area contributed by atoms with E-state index >= 15 is 0 Å². The molecule has 1 saturated heterocycles. The molecule has 1 N–H and O–H groups in total. The molecule has 1 aliphatic heterocycles. The van der Waals surface area contributed by atoms with Crippen molar-refractivity contribution in [2.45, 2.75) is 38.6 Å². The van der Waals surface area contributed by atoms with Gasteiger partial charge in [-0.1, -0.05) is 23.7 Å². The predicted octanol–water partition coefficient (Wildman–Crippen LogP) is 3.69. The molecule has 0 aliphatic carbocycles. The fourth-order valence-electron chi connectivity index (χ4n) is 3.82. The lowest BCUT2D eigenvalue weighted by molar-refractivity contribution is 0.0939. The molecule has 168 valence electrons. The van der Waals surface area contributed by atoms with E-state index in [0.717, 1.165) is 16.7 Å². The highest BCUT2D eigenvalue weighted by Gasteiger charge is 2.30. The molecule has 1 aliphatic rings. The highest BCUT2D eigenvalue weighted by molar-refractivity contribution is 7.89. The Morgan fingerprint density at radius 3 is 2.26 bits per heavy atom. The molecule has 2 aromatic rings. The van der Waals surface area contributed by atoms with Crippen LogP contribution in [0.3, 0.4) is 0 Å². The molecule has 1 amide bonds. The van der Waals surface area contributed by atoms with Gasteiger partial charge in [0, 0.05) is 31.7 Å². The van der Waals surface area contributed by atoms with Crippen molar-refractivity contribution in [1.82, 2.24) is 14.5 Å². The first kappa shape index (κ1) is 23.7. The summed E-state index contributed by atoms with van der Waals surface area (Å²) in [4.78, 5) is 15.0. The second-order valence-electron chi connectivity index (χ2n) is 8.34. The Kier molecular flexibility index (Phi) is 7.11. The quantitative estimate of drug-likeness (QED) is 0.734. The minimum atomic E-state index is -3.78. The average molecular weight is 464 g/mol. The van der Waals surface area contributed by atoms with Crippen molar-refractivity contribution >= 4 is 27.5 Å². The Hall–Kier alpha value is -1.93. The van der Waals surface area contributed by atoms with Crippen molar-refractivity contribution in [2.24, 2.45) is 0 Å². The first-order valence-electron chi connectivity index (χ1n) is 10.4. The van der Waals surface area contributed by atoms with Gasteiger partial charge in [-0.25, -0.2) is 8.42 Å². The number of likely N-dealkylation sites (N-methyl/N-ethyl adjacent to an activating group) is 1. The first-order chi connectivity index (χ1) is 14.5. The third kappa shape index (κ3) is 5.12. The van der Waals surface area contributed by atoms with Crippen LogP contribution in [0.2, 0.25) is 5.02 Å². The molecule has 0 radical (unpaired) electrons. The minimum absolute atomic E-state index is 0.0265.